The number of nitrogens with one attached hydrogen (secondary N) is 2. The second kappa shape index (κ2) is 9.76. The van der Waals surface area contributed by atoms with Crippen LogP contribution in [0.15, 0.2) is 54.2 Å². The third-order valence-corrected chi connectivity index (χ3v) is 4.59. The van der Waals surface area contributed by atoms with Crippen LogP contribution in [0.2, 0.25) is 0 Å². The van der Waals surface area contributed by atoms with E-state index in [1.165, 1.54) is 25.7 Å². The van der Waals surface area contributed by atoms with E-state index in [4.69, 9.17) is 4.74 Å². The summed E-state index contributed by atoms with van der Waals surface area (Å²) < 4.78 is 5.54. The summed E-state index contributed by atoms with van der Waals surface area (Å²) in [7, 11) is 0. The fourth-order valence-corrected chi connectivity index (χ4v) is 3.17. The van der Waals surface area contributed by atoms with Gasteiger partial charge in [-0.1, -0.05) is 23.8 Å². The van der Waals surface area contributed by atoms with E-state index in [0.717, 1.165) is 18.7 Å². The highest BCUT2D eigenvalue weighted by Crippen LogP contribution is 2.24. The van der Waals surface area contributed by atoms with Gasteiger partial charge in [0.1, 0.15) is 11.4 Å². The number of carbonyl (C=O) groups excluding carboxylic acids is 1. The molecule has 2 aromatic rings. The number of nitrogens with zero attached hydrogens (tertiary/aromatic N) is 1. The Hall–Kier alpha value is -2.82. The Morgan fingerprint density at radius 1 is 1.19 bits per heavy atom. The minimum Gasteiger partial charge on any atom is -0.492 e. The lowest BCUT2D eigenvalue weighted by Gasteiger charge is -2.13. The van der Waals surface area contributed by atoms with Gasteiger partial charge in [0.05, 0.1) is 24.2 Å². The molecule has 0 radical (unpaired) electrons. The van der Waals surface area contributed by atoms with Crippen LogP contribution in [0, 0.1) is 0 Å². The van der Waals surface area contributed by atoms with Crippen molar-refractivity contribution in [2.24, 2.45) is 0 Å². The van der Waals surface area contributed by atoms with Crippen LogP contribution >= 0.6 is 0 Å². The molecule has 0 saturated carbocycles. The Morgan fingerprint density at radius 2 is 2.07 bits per heavy atom. The van der Waals surface area contributed by atoms with Crippen molar-refractivity contribution < 1.29 is 9.53 Å². The second-order valence-corrected chi connectivity index (χ2v) is 6.60. The molecule has 0 saturated heterocycles. The van der Waals surface area contributed by atoms with Crippen molar-refractivity contribution in [2.45, 2.75) is 39.0 Å². The molecule has 0 atom stereocenters. The summed E-state index contributed by atoms with van der Waals surface area (Å²) in [5.74, 6) is 0.407. The number of hydrogen-bond acceptors (Lipinski definition) is 4. The summed E-state index contributed by atoms with van der Waals surface area (Å²) in [5.41, 5.74) is 3.50. The molecule has 1 aliphatic rings. The van der Waals surface area contributed by atoms with E-state index in [0.29, 0.717) is 23.7 Å². The topological polar surface area (TPSA) is 63.2 Å². The third-order valence-electron chi connectivity index (χ3n) is 4.59. The Bertz CT molecular complexity index is 784. The molecule has 1 aliphatic carbocycles. The Balaban J connectivity index is 1.53. The van der Waals surface area contributed by atoms with Crippen molar-refractivity contribution in [1.29, 1.82) is 0 Å². The van der Waals surface area contributed by atoms with Crippen LogP contribution in [-0.2, 0) is 0 Å². The van der Waals surface area contributed by atoms with Crippen molar-refractivity contribution in [3.63, 3.8) is 0 Å². The van der Waals surface area contributed by atoms with Crippen molar-refractivity contribution in [2.75, 3.05) is 23.8 Å². The van der Waals surface area contributed by atoms with Gasteiger partial charge in [-0.2, -0.15) is 0 Å². The Labute approximate surface area is 160 Å². The lowest BCUT2D eigenvalue weighted by Crippen LogP contribution is -2.14. The maximum atomic E-state index is 12.4. The maximum Gasteiger partial charge on any atom is 0.274 e. The molecule has 0 spiro atoms. The maximum absolute atomic E-state index is 12.4. The SMILES string of the molecule is CCOc1ccccc1NC(=O)c1ccc(NCCC2=CCCCC2)cn1. The number of pyridine rings is 1. The zero-order valence-corrected chi connectivity index (χ0v) is 15.8. The minimum atomic E-state index is -0.249. The number of ether oxygens (including phenoxy) is 1. The molecule has 3 rings (SSSR count). The molecular formula is C22H27N3O2. The first-order chi connectivity index (χ1) is 13.3. The van der Waals surface area contributed by atoms with Gasteiger partial charge in [-0.3, -0.25) is 4.79 Å². The summed E-state index contributed by atoms with van der Waals surface area (Å²) in [6, 6.07) is 11.0. The first-order valence-electron chi connectivity index (χ1n) is 9.67. The number of allylic oxidation sites excluding steroid dienone is 1. The lowest BCUT2D eigenvalue weighted by molar-refractivity contribution is 0.102. The summed E-state index contributed by atoms with van der Waals surface area (Å²) >= 11 is 0. The first-order valence-corrected chi connectivity index (χ1v) is 9.67. The molecule has 1 aromatic heterocycles. The van der Waals surface area contributed by atoms with E-state index in [9.17, 15) is 4.79 Å². The Kier molecular flexibility index (Phi) is 6.85. The lowest BCUT2D eigenvalue weighted by atomic mass is 9.97. The van der Waals surface area contributed by atoms with E-state index >= 15 is 0 Å². The highest BCUT2D eigenvalue weighted by Gasteiger charge is 2.11. The molecule has 1 amide bonds. The number of rotatable bonds is 8. The van der Waals surface area contributed by atoms with Crippen LogP contribution in [0.3, 0.4) is 0 Å². The summed E-state index contributed by atoms with van der Waals surface area (Å²) in [4.78, 5) is 16.7. The first kappa shape index (κ1) is 19.0. The molecule has 5 nitrogen and oxygen atoms in total. The van der Waals surface area contributed by atoms with Crippen LogP contribution in [0.5, 0.6) is 5.75 Å². The number of para-hydroxylation sites is 2. The van der Waals surface area contributed by atoms with E-state index in [1.54, 1.807) is 17.8 Å². The average molecular weight is 365 g/mol. The predicted molar refractivity (Wildman–Crippen MR) is 109 cm³/mol. The summed E-state index contributed by atoms with van der Waals surface area (Å²) in [6.45, 7) is 3.35. The predicted octanol–water partition coefficient (Wildman–Crippen LogP) is 5.04. The molecule has 5 heteroatoms. The molecule has 0 aliphatic heterocycles. The summed E-state index contributed by atoms with van der Waals surface area (Å²) in [5, 5.41) is 6.24. The van der Waals surface area contributed by atoms with Crippen LogP contribution in [0.4, 0.5) is 11.4 Å². The number of carbonyl (C=O) groups is 1. The van der Waals surface area contributed by atoms with Crippen LogP contribution < -0.4 is 15.4 Å². The quantitative estimate of drug-likeness (QED) is 0.644. The highest BCUT2D eigenvalue weighted by atomic mass is 16.5. The molecule has 2 N–H and O–H groups in total. The van der Waals surface area contributed by atoms with Gasteiger partial charge in [0.2, 0.25) is 0 Å². The van der Waals surface area contributed by atoms with E-state index in [-0.39, 0.29) is 5.91 Å². The van der Waals surface area contributed by atoms with Crippen LogP contribution in [0.1, 0.15) is 49.5 Å². The van der Waals surface area contributed by atoms with Crippen molar-refractivity contribution in [1.82, 2.24) is 4.98 Å². The van der Waals surface area contributed by atoms with Gasteiger partial charge in [0, 0.05) is 6.54 Å². The molecular weight excluding hydrogens is 338 g/mol. The van der Waals surface area contributed by atoms with Crippen molar-refractivity contribution in [3.8, 4) is 5.75 Å². The van der Waals surface area contributed by atoms with Gasteiger partial charge in [-0.25, -0.2) is 4.98 Å². The number of hydrogen-bond donors (Lipinski definition) is 2. The fraction of sp³-hybridized carbons (Fsp3) is 0.364. The molecule has 142 valence electrons. The molecule has 1 aromatic carbocycles. The second-order valence-electron chi connectivity index (χ2n) is 6.60. The van der Waals surface area contributed by atoms with Crippen molar-refractivity contribution in [3.05, 3.63) is 59.9 Å². The number of aromatic nitrogens is 1. The zero-order chi connectivity index (χ0) is 18.9. The molecule has 27 heavy (non-hydrogen) atoms. The van der Waals surface area contributed by atoms with Gasteiger partial charge in [-0.05, 0) is 63.3 Å². The van der Waals surface area contributed by atoms with E-state index in [2.05, 4.69) is 21.7 Å². The number of amides is 1. The van der Waals surface area contributed by atoms with Crippen molar-refractivity contribution >= 4 is 17.3 Å². The van der Waals surface area contributed by atoms with Gasteiger partial charge in [0.25, 0.3) is 5.91 Å². The molecule has 0 fully saturated rings. The molecule has 1 heterocycles. The highest BCUT2D eigenvalue weighted by molar-refractivity contribution is 6.03. The van der Waals surface area contributed by atoms with E-state index < -0.39 is 0 Å². The van der Waals surface area contributed by atoms with Gasteiger partial charge < -0.3 is 15.4 Å². The monoisotopic (exact) mass is 365 g/mol. The van der Waals surface area contributed by atoms with Gasteiger partial charge >= 0.3 is 0 Å². The van der Waals surface area contributed by atoms with Gasteiger partial charge in [0.15, 0.2) is 0 Å². The standard InChI is InChI=1S/C22H27N3O2/c1-2-27-21-11-7-6-10-19(21)25-22(26)20-13-12-18(16-24-20)23-15-14-17-8-4-3-5-9-17/h6-8,10-13,16,23H,2-5,9,14-15H2,1H3,(H,25,26). The van der Waals surface area contributed by atoms with Gasteiger partial charge in [-0.15, -0.1) is 0 Å². The number of anilines is 2. The minimum absolute atomic E-state index is 0.249. The van der Waals surface area contributed by atoms with Crippen LogP contribution in [-0.4, -0.2) is 24.0 Å². The summed E-state index contributed by atoms with van der Waals surface area (Å²) in [6.07, 6.45) is 10.2. The van der Waals surface area contributed by atoms with Crippen LogP contribution in [0.25, 0.3) is 0 Å². The Morgan fingerprint density at radius 3 is 2.81 bits per heavy atom. The smallest absolute Gasteiger partial charge is 0.274 e. The largest absolute Gasteiger partial charge is 0.492 e. The average Bonchev–Trinajstić information content (AvgIpc) is 2.71. The fourth-order valence-electron chi connectivity index (χ4n) is 3.17. The van der Waals surface area contributed by atoms with E-state index in [1.807, 2.05) is 37.3 Å². The third kappa shape index (κ3) is 5.58. The number of benzene rings is 1. The molecule has 0 unspecified atom stereocenters. The molecule has 0 bridgehead atoms. The zero-order valence-electron chi connectivity index (χ0n) is 15.8. The normalized spacial score (nSPS) is 13.6.